The van der Waals surface area contributed by atoms with E-state index in [0.29, 0.717) is 18.9 Å². The minimum absolute atomic E-state index is 0.0120. The number of sulfone groups is 1. The molecule has 1 aliphatic heterocycles. The van der Waals surface area contributed by atoms with Crippen LogP contribution in [0.2, 0.25) is 0 Å². The van der Waals surface area contributed by atoms with Crippen LogP contribution < -0.4 is 5.73 Å². The number of hydrogen-bond acceptors (Lipinski definition) is 4. The van der Waals surface area contributed by atoms with Crippen LogP contribution in [0.15, 0.2) is 0 Å². The zero-order valence-corrected chi connectivity index (χ0v) is 10.9. The molecule has 0 aromatic heterocycles. The van der Waals surface area contributed by atoms with Gasteiger partial charge in [0.15, 0.2) is 9.84 Å². The van der Waals surface area contributed by atoms with Gasteiger partial charge in [0.05, 0.1) is 17.4 Å². The van der Waals surface area contributed by atoms with Crippen molar-refractivity contribution in [2.45, 2.75) is 25.3 Å². The molecule has 1 aliphatic carbocycles. The van der Waals surface area contributed by atoms with E-state index in [-0.39, 0.29) is 29.4 Å². The van der Waals surface area contributed by atoms with E-state index in [4.69, 9.17) is 5.73 Å². The van der Waals surface area contributed by atoms with Crippen molar-refractivity contribution in [3.63, 3.8) is 0 Å². The van der Waals surface area contributed by atoms with Crippen molar-refractivity contribution in [1.82, 2.24) is 4.90 Å². The second kappa shape index (κ2) is 4.57. The molecule has 0 radical (unpaired) electrons. The van der Waals surface area contributed by atoms with Crippen molar-refractivity contribution in [2.24, 2.45) is 17.6 Å². The smallest absolute Gasteiger partial charge is 0.226 e. The Kier molecular flexibility index (Phi) is 3.45. The lowest BCUT2D eigenvalue weighted by atomic mass is 10.1. The predicted molar refractivity (Wildman–Crippen MR) is 65.1 cm³/mol. The maximum Gasteiger partial charge on any atom is 0.226 e. The van der Waals surface area contributed by atoms with E-state index < -0.39 is 9.84 Å². The highest BCUT2D eigenvalue weighted by Crippen LogP contribution is 2.35. The summed E-state index contributed by atoms with van der Waals surface area (Å²) in [6.45, 7) is 0.465. The highest BCUT2D eigenvalue weighted by molar-refractivity contribution is 7.91. The largest absolute Gasteiger partial charge is 0.341 e. The molecule has 5 nitrogen and oxygen atoms in total. The van der Waals surface area contributed by atoms with Crippen LogP contribution in [-0.2, 0) is 14.6 Å². The minimum Gasteiger partial charge on any atom is -0.341 e. The van der Waals surface area contributed by atoms with Gasteiger partial charge in [-0.25, -0.2) is 8.42 Å². The van der Waals surface area contributed by atoms with Crippen molar-refractivity contribution in [2.75, 3.05) is 25.1 Å². The number of carbonyl (C=O) groups excluding carboxylic acids is 1. The Hall–Kier alpha value is -0.620. The monoisotopic (exact) mass is 260 g/mol. The van der Waals surface area contributed by atoms with Gasteiger partial charge in [-0.05, 0) is 25.2 Å². The van der Waals surface area contributed by atoms with Crippen LogP contribution in [0.25, 0.3) is 0 Å². The van der Waals surface area contributed by atoms with E-state index in [0.717, 1.165) is 12.8 Å². The number of nitrogens with two attached hydrogens (primary N) is 1. The summed E-state index contributed by atoms with van der Waals surface area (Å²) < 4.78 is 22.7. The van der Waals surface area contributed by atoms with Gasteiger partial charge in [-0.15, -0.1) is 0 Å². The Morgan fingerprint density at radius 3 is 2.47 bits per heavy atom. The Morgan fingerprint density at radius 2 is 2.06 bits per heavy atom. The quantitative estimate of drug-likeness (QED) is 0.747. The SMILES string of the molecule is CN(C(=O)C1CCS(=O)(=O)C1)C(CN)C1CC1. The van der Waals surface area contributed by atoms with Gasteiger partial charge in [0.1, 0.15) is 0 Å². The summed E-state index contributed by atoms with van der Waals surface area (Å²) in [6, 6.07) is 0.0887. The highest BCUT2D eigenvalue weighted by atomic mass is 32.2. The van der Waals surface area contributed by atoms with Crippen LogP contribution >= 0.6 is 0 Å². The molecule has 2 aliphatic rings. The Balaban J connectivity index is 1.99. The highest BCUT2D eigenvalue weighted by Gasteiger charge is 2.39. The molecule has 0 bridgehead atoms. The molecule has 2 rings (SSSR count). The molecule has 6 heteroatoms. The van der Waals surface area contributed by atoms with Gasteiger partial charge < -0.3 is 10.6 Å². The number of hydrogen-bond donors (Lipinski definition) is 1. The third-order valence-corrected chi connectivity index (χ3v) is 5.60. The maximum absolute atomic E-state index is 12.2. The third kappa shape index (κ3) is 2.80. The molecule has 17 heavy (non-hydrogen) atoms. The summed E-state index contributed by atoms with van der Waals surface area (Å²) in [5, 5.41) is 0. The van der Waals surface area contributed by atoms with Crippen molar-refractivity contribution < 1.29 is 13.2 Å². The first kappa shape index (κ1) is 12.8. The lowest BCUT2D eigenvalue weighted by Crippen LogP contribution is -2.46. The molecule has 0 aromatic rings. The van der Waals surface area contributed by atoms with Crippen molar-refractivity contribution in [3.05, 3.63) is 0 Å². The molecule has 0 spiro atoms. The maximum atomic E-state index is 12.2. The fourth-order valence-electron chi connectivity index (χ4n) is 2.59. The predicted octanol–water partition coefficient (Wildman–Crippen LogP) is -0.383. The summed E-state index contributed by atoms with van der Waals surface area (Å²) in [6.07, 6.45) is 2.72. The Morgan fingerprint density at radius 1 is 1.41 bits per heavy atom. The first-order chi connectivity index (χ1) is 7.94. The molecule has 2 atom stereocenters. The average Bonchev–Trinajstić information content (AvgIpc) is 3.02. The van der Waals surface area contributed by atoms with Crippen LogP contribution in [0.5, 0.6) is 0 Å². The second-order valence-corrected chi connectivity index (χ2v) is 7.42. The van der Waals surface area contributed by atoms with Gasteiger partial charge in [-0.3, -0.25) is 4.79 Å². The topological polar surface area (TPSA) is 80.5 Å². The molecule has 2 fully saturated rings. The molecule has 0 aromatic carbocycles. The molecule has 2 N–H and O–H groups in total. The fraction of sp³-hybridized carbons (Fsp3) is 0.909. The summed E-state index contributed by atoms with van der Waals surface area (Å²) in [5.74, 6) is 0.282. The van der Waals surface area contributed by atoms with Crippen LogP contribution in [0.4, 0.5) is 0 Å². The second-order valence-electron chi connectivity index (χ2n) is 5.19. The summed E-state index contributed by atoms with van der Waals surface area (Å²) in [4.78, 5) is 13.9. The van der Waals surface area contributed by atoms with E-state index in [2.05, 4.69) is 0 Å². The van der Waals surface area contributed by atoms with Gasteiger partial charge >= 0.3 is 0 Å². The van der Waals surface area contributed by atoms with Crippen LogP contribution in [0.1, 0.15) is 19.3 Å². The molecule has 2 unspecified atom stereocenters. The van der Waals surface area contributed by atoms with E-state index >= 15 is 0 Å². The van der Waals surface area contributed by atoms with Crippen molar-refractivity contribution >= 4 is 15.7 Å². The van der Waals surface area contributed by atoms with E-state index in [1.165, 1.54) is 0 Å². The van der Waals surface area contributed by atoms with Gasteiger partial charge in [0.2, 0.25) is 5.91 Å². The molecule has 1 saturated carbocycles. The van der Waals surface area contributed by atoms with Gasteiger partial charge in [-0.2, -0.15) is 0 Å². The number of rotatable bonds is 4. The van der Waals surface area contributed by atoms with Crippen LogP contribution in [-0.4, -0.2) is 50.4 Å². The van der Waals surface area contributed by atoms with Gasteiger partial charge in [0.25, 0.3) is 0 Å². The zero-order valence-electron chi connectivity index (χ0n) is 10.1. The van der Waals surface area contributed by atoms with E-state index in [9.17, 15) is 13.2 Å². The number of likely N-dealkylation sites (N-methyl/N-ethyl adjacent to an activating group) is 1. The molecule has 1 saturated heterocycles. The lowest BCUT2D eigenvalue weighted by molar-refractivity contribution is -0.135. The number of carbonyl (C=O) groups is 1. The standard InChI is InChI=1S/C11H20N2O3S/c1-13(10(6-12)8-2-3-8)11(14)9-4-5-17(15,16)7-9/h8-10H,2-7,12H2,1H3. The third-order valence-electron chi connectivity index (χ3n) is 3.83. The first-order valence-electron chi connectivity index (χ1n) is 6.12. The van der Waals surface area contributed by atoms with Crippen molar-refractivity contribution in [3.8, 4) is 0 Å². The van der Waals surface area contributed by atoms with E-state index in [1.54, 1.807) is 11.9 Å². The molecule has 1 heterocycles. The number of nitrogens with zero attached hydrogens (tertiary/aromatic N) is 1. The fourth-order valence-corrected chi connectivity index (χ4v) is 4.32. The molecular formula is C11H20N2O3S. The molecular weight excluding hydrogens is 240 g/mol. The molecule has 1 amide bonds. The van der Waals surface area contributed by atoms with Gasteiger partial charge in [-0.1, -0.05) is 0 Å². The van der Waals surface area contributed by atoms with Crippen LogP contribution in [0.3, 0.4) is 0 Å². The Labute approximate surface area is 102 Å². The van der Waals surface area contributed by atoms with Crippen LogP contribution in [0, 0.1) is 11.8 Å². The minimum atomic E-state index is -2.99. The normalized spacial score (nSPS) is 28.9. The van der Waals surface area contributed by atoms with Gasteiger partial charge in [0, 0.05) is 19.6 Å². The zero-order chi connectivity index (χ0) is 12.6. The Bertz CT molecular complexity index is 403. The number of amides is 1. The van der Waals surface area contributed by atoms with Crippen molar-refractivity contribution in [1.29, 1.82) is 0 Å². The lowest BCUT2D eigenvalue weighted by Gasteiger charge is -2.29. The summed E-state index contributed by atoms with van der Waals surface area (Å²) in [5.41, 5.74) is 5.69. The molecule has 98 valence electrons. The van der Waals surface area contributed by atoms with E-state index in [1.807, 2.05) is 0 Å². The summed E-state index contributed by atoms with van der Waals surface area (Å²) >= 11 is 0. The first-order valence-corrected chi connectivity index (χ1v) is 7.94. The average molecular weight is 260 g/mol. The summed E-state index contributed by atoms with van der Waals surface area (Å²) in [7, 11) is -1.24.